The summed E-state index contributed by atoms with van der Waals surface area (Å²) >= 11 is 3.07. The zero-order valence-corrected chi connectivity index (χ0v) is 16.4. The summed E-state index contributed by atoms with van der Waals surface area (Å²) in [4.78, 5) is 27.8. The maximum absolute atomic E-state index is 13.5. The average molecular weight is 416 g/mol. The molecule has 8 heteroatoms. The predicted octanol–water partition coefficient (Wildman–Crippen LogP) is 4.06. The lowest BCUT2D eigenvalue weighted by molar-refractivity contribution is 0.00589. The second-order valence-electron chi connectivity index (χ2n) is 7.03. The number of hydrogen-bond donors (Lipinski definition) is 1. The fourth-order valence-electron chi connectivity index (χ4n) is 2.51. The molecule has 138 valence electrons. The second-order valence-corrected chi connectivity index (χ2v) is 7.88. The fraction of sp³-hybridized carbons (Fsp3) is 0.529. The highest BCUT2D eigenvalue weighted by atomic mass is 79.9. The summed E-state index contributed by atoms with van der Waals surface area (Å²) in [6, 6.07) is 3.91. The van der Waals surface area contributed by atoms with Crippen LogP contribution in [-0.4, -0.2) is 53.2 Å². The molecule has 6 nitrogen and oxygen atoms in total. The third-order valence-corrected chi connectivity index (χ3v) is 4.36. The van der Waals surface area contributed by atoms with E-state index in [1.807, 2.05) is 27.7 Å². The van der Waals surface area contributed by atoms with Gasteiger partial charge in [0.1, 0.15) is 11.4 Å². The first-order valence-corrected chi connectivity index (χ1v) is 8.87. The van der Waals surface area contributed by atoms with Gasteiger partial charge >= 0.3 is 12.1 Å². The molecule has 1 aliphatic rings. The zero-order valence-electron chi connectivity index (χ0n) is 14.8. The van der Waals surface area contributed by atoms with Crippen molar-refractivity contribution in [2.75, 3.05) is 25.0 Å². The van der Waals surface area contributed by atoms with E-state index in [2.05, 4.69) is 21.2 Å². The summed E-state index contributed by atoms with van der Waals surface area (Å²) in [6.45, 7) is 8.46. The molecular weight excluding hydrogens is 393 g/mol. The van der Waals surface area contributed by atoms with Crippen molar-refractivity contribution in [1.82, 2.24) is 9.80 Å². The second kappa shape index (κ2) is 7.59. The molecule has 1 unspecified atom stereocenters. The van der Waals surface area contributed by atoms with Crippen molar-refractivity contribution in [2.45, 2.75) is 39.3 Å². The molecule has 1 aliphatic heterocycles. The van der Waals surface area contributed by atoms with E-state index in [0.717, 1.165) is 0 Å². The van der Waals surface area contributed by atoms with Gasteiger partial charge in [0, 0.05) is 31.4 Å². The van der Waals surface area contributed by atoms with E-state index in [0.29, 0.717) is 29.8 Å². The van der Waals surface area contributed by atoms with Crippen LogP contribution in [0, 0.1) is 5.82 Å². The Labute approximate surface area is 155 Å². The highest BCUT2D eigenvalue weighted by Gasteiger charge is 2.32. The number of nitrogens with one attached hydrogen (secondary N) is 1. The molecule has 1 heterocycles. The number of rotatable bonds is 1. The highest BCUT2D eigenvalue weighted by Crippen LogP contribution is 2.20. The number of piperazine rings is 1. The molecule has 1 N–H and O–H groups in total. The van der Waals surface area contributed by atoms with Gasteiger partial charge in [-0.1, -0.05) is 0 Å². The number of carbonyl (C=O) groups is 2. The lowest BCUT2D eigenvalue weighted by atomic mass is 10.2. The molecule has 3 amide bonds. The van der Waals surface area contributed by atoms with Gasteiger partial charge in [-0.25, -0.2) is 14.0 Å². The standard InChI is InChI=1S/C17H23BrFN3O3/c1-11-10-21(7-8-22(11)16(24)25-17(2,3)4)15(23)20-12-5-6-13(18)14(19)9-12/h5-6,9,11H,7-8,10H2,1-4H3,(H,20,23). The number of ether oxygens (including phenoxy) is 1. The quantitative estimate of drug-likeness (QED) is 0.751. The van der Waals surface area contributed by atoms with Crippen molar-refractivity contribution >= 4 is 33.7 Å². The molecule has 1 aromatic rings. The van der Waals surface area contributed by atoms with Crippen LogP contribution < -0.4 is 5.32 Å². The lowest BCUT2D eigenvalue weighted by Gasteiger charge is -2.40. The summed E-state index contributed by atoms with van der Waals surface area (Å²) in [5.74, 6) is -0.444. The van der Waals surface area contributed by atoms with E-state index in [9.17, 15) is 14.0 Å². The molecule has 1 fully saturated rings. The Morgan fingerprint density at radius 1 is 1.32 bits per heavy atom. The van der Waals surface area contributed by atoms with Gasteiger partial charge in [-0.05, 0) is 61.8 Å². The van der Waals surface area contributed by atoms with Crippen LogP contribution in [0.4, 0.5) is 19.7 Å². The molecule has 0 bridgehead atoms. The first-order chi connectivity index (χ1) is 11.6. The molecule has 1 atom stereocenters. The van der Waals surface area contributed by atoms with Crippen LogP contribution in [0.3, 0.4) is 0 Å². The Kier molecular flexibility index (Phi) is 5.92. The fourth-order valence-corrected chi connectivity index (χ4v) is 2.76. The van der Waals surface area contributed by atoms with Gasteiger partial charge < -0.3 is 19.9 Å². The minimum absolute atomic E-state index is 0.170. The summed E-state index contributed by atoms with van der Waals surface area (Å²) in [5, 5.41) is 2.67. The normalized spacial score (nSPS) is 18.1. The van der Waals surface area contributed by atoms with Gasteiger partial charge in [-0.15, -0.1) is 0 Å². The van der Waals surface area contributed by atoms with Crippen molar-refractivity contribution in [3.63, 3.8) is 0 Å². The third kappa shape index (κ3) is 5.32. The Morgan fingerprint density at radius 3 is 2.56 bits per heavy atom. The monoisotopic (exact) mass is 415 g/mol. The molecular formula is C17H23BrFN3O3. The van der Waals surface area contributed by atoms with E-state index in [1.165, 1.54) is 12.1 Å². The predicted molar refractivity (Wildman–Crippen MR) is 97.1 cm³/mol. The molecule has 25 heavy (non-hydrogen) atoms. The Morgan fingerprint density at radius 2 is 2.00 bits per heavy atom. The maximum Gasteiger partial charge on any atom is 0.410 e. The first kappa shape index (κ1) is 19.5. The van der Waals surface area contributed by atoms with Crippen LogP contribution in [0.1, 0.15) is 27.7 Å². The van der Waals surface area contributed by atoms with Crippen molar-refractivity contribution < 1.29 is 18.7 Å². The van der Waals surface area contributed by atoms with Crippen LogP contribution in [0.15, 0.2) is 22.7 Å². The Bertz CT molecular complexity index is 663. The highest BCUT2D eigenvalue weighted by molar-refractivity contribution is 9.10. The van der Waals surface area contributed by atoms with Crippen LogP contribution in [-0.2, 0) is 4.74 Å². The van der Waals surface area contributed by atoms with Crippen molar-refractivity contribution in [2.24, 2.45) is 0 Å². The topological polar surface area (TPSA) is 61.9 Å². The van der Waals surface area contributed by atoms with E-state index in [4.69, 9.17) is 4.74 Å². The molecule has 0 spiro atoms. The molecule has 0 aromatic heterocycles. The van der Waals surface area contributed by atoms with Gasteiger partial charge in [0.25, 0.3) is 0 Å². The number of carbonyl (C=O) groups excluding carboxylic acids is 2. The molecule has 0 radical (unpaired) electrons. The lowest BCUT2D eigenvalue weighted by Crippen LogP contribution is -2.57. The van der Waals surface area contributed by atoms with Gasteiger partial charge in [0.2, 0.25) is 0 Å². The van der Waals surface area contributed by atoms with E-state index >= 15 is 0 Å². The summed E-state index contributed by atoms with van der Waals surface area (Å²) in [7, 11) is 0. The number of amides is 3. The number of hydrogen-bond acceptors (Lipinski definition) is 3. The van der Waals surface area contributed by atoms with Crippen LogP contribution in [0.25, 0.3) is 0 Å². The maximum atomic E-state index is 13.5. The third-order valence-electron chi connectivity index (χ3n) is 3.71. The SMILES string of the molecule is CC1CN(C(=O)Nc2ccc(Br)c(F)c2)CCN1C(=O)OC(C)(C)C. The minimum atomic E-state index is -0.559. The van der Waals surface area contributed by atoms with Crippen molar-refractivity contribution in [1.29, 1.82) is 0 Å². The van der Waals surface area contributed by atoms with Crippen LogP contribution in [0.5, 0.6) is 0 Å². The van der Waals surface area contributed by atoms with Gasteiger partial charge in [-0.3, -0.25) is 0 Å². The molecule has 2 rings (SSSR count). The van der Waals surface area contributed by atoms with Gasteiger partial charge in [0.05, 0.1) is 4.47 Å². The number of benzene rings is 1. The van der Waals surface area contributed by atoms with Crippen LogP contribution >= 0.6 is 15.9 Å². The number of nitrogens with zero attached hydrogens (tertiary/aromatic N) is 2. The number of anilines is 1. The van der Waals surface area contributed by atoms with E-state index < -0.39 is 11.4 Å². The summed E-state index contributed by atoms with van der Waals surface area (Å²) in [6.07, 6.45) is -0.380. The van der Waals surface area contributed by atoms with Gasteiger partial charge in [0.15, 0.2) is 0 Å². The Balaban J connectivity index is 1.94. The zero-order chi connectivity index (χ0) is 18.8. The number of halogens is 2. The minimum Gasteiger partial charge on any atom is -0.444 e. The van der Waals surface area contributed by atoms with Crippen molar-refractivity contribution in [3.05, 3.63) is 28.5 Å². The van der Waals surface area contributed by atoms with Gasteiger partial charge in [-0.2, -0.15) is 0 Å². The van der Waals surface area contributed by atoms with Crippen molar-refractivity contribution in [3.8, 4) is 0 Å². The largest absolute Gasteiger partial charge is 0.444 e. The summed E-state index contributed by atoms with van der Waals surface area (Å²) < 4.78 is 19.3. The smallest absolute Gasteiger partial charge is 0.410 e. The van der Waals surface area contributed by atoms with Crippen LogP contribution in [0.2, 0.25) is 0 Å². The molecule has 0 aliphatic carbocycles. The average Bonchev–Trinajstić information content (AvgIpc) is 2.49. The Hall–Kier alpha value is -1.83. The van der Waals surface area contributed by atoms with E-state index in [-0.39, 0.29) is 18.2 Å². The molecule has 1 aromatic carbocycles. The molecule has 1 saturated heterocycles. The number of urea groups is 1. The molecule has 0 saturated carbocycles. The summed E-state index contributed by atoms with van der Waals surface area (Å²) in [5.41, 5.74) is -0.176. The van der Waals surface area contributed by atoms with E-state index in [1.54, 1.807) is 15.9 Å². The first-order valence-electron chi connectivity index (χ1n) is 8.07.